The minimum absolute atomic E-state index is 0.0308. The molecular formula is C22H25N3O3. The van der Waals surface area contributed by atoms with Crippen molar-refractivity contribution in [3.05, 3.63) is 58.6 Å². The van der Waals surface area contributed by atoms with Gasteiger partial charge >= 0.3 is 0 Å². The van der Waals surface area contributed by atoms with E-state index >= 15 is 0 Å². The van der Waals surface area contributed by atoms with Crippen LogP contribution in [0.25, 0.3) is 16.6 Å². The molecule has 6 heteroatoms. The molecule has 0 fully saturated rings. The molecule has 28 heavy (non-hydrogen) atoms. The molecule has 3 aromatic rings. The summed E-state index contributed by atoms with van der Waals surface area (Å²) >= 11 is 0. The second-order valence-corrected chi connectivity index (χ2v) is 6.70. The van der Waals surface area contributed by atoms with Crippen molar-refractivity contribution in [2.45, 2.75) is 33.6 Å². The van der Waals surface area contributed by atoms with Gasteiger partial charge in [-0.25, -0.2) is 4.98 Å². The molecule has 6 nitrogen and oxygen atoms in total. The molecule has 1 heterocycles. The maximum Gasteiger partial charge on any atom is 0.265 e. The molecular weight excluding hydrogens is 354 g/mol. The first-order chi connectivity index (χ1) is 13.5. The Labute approximate surface area is 164 Å². The number of amides is 1. The van der Waals surface area contributed by atoms with Gasteiger partial charge < -0.3 is 10.1 Å². The highest BCUT2D eigenvalue weighted by atomic mass is 16.5. The summed E-state index contributed by atoms with van der Waals surface area (Å²) in [5.41, 5.74) is 1.75. The van der Waals surface area contributed by atoms with Gasteiger partial charge in [-0.05, 0) is 44.0 Å². The highest BCUT2D eigenvalue weighted by molar-refractivity contribution is 5.94. The summed E-state index contributed by atoms with van der Waals surface area (Å²) < 4.78 is 7.03. The number of methoxy groups -OCH3 is 1. The molecule has 1 aromatic heterocycles. The smallest absolute Gasteiger partial charge is 0.265 e. The molecule has 0 aliphatic carbocycles. The minimum atomic E-state index is -0.140. The van der Waals surface area contributed by atoms with Crippen LogP contribution < -0.4 is 15.6 Å². The van der Waals surface area contributed by atoms with Crippen LogP contribution in [0.3, 0.4) is 0 Å². The number of nitrogens with zero attached hydrogens (tertiary/aromatic N) is 2. The van der Waals surface area contributed by atoms with Crippen LogP contribution in [0.2, 0.25) is 0 Å². The van der Waals surface area contributed by atoms with Crippen LogP contribution in [-0.2, 0) is 4.79 Å². The van der Waals surface area contributed by atoms with E-state index in [1.54, 1.807) is 42.9 Å². The van der Waals surface area contributed by atoms with Gasteiger partial charge in [-0.3, -0.25) is 14.2 Å². The fourth-order valence-corrected chi connectivity index (χ4v) is 3.36. The number of rotatable bonds is 6. The number of hydrogen-bond donors (Lipinski definition) is 1. The third-order valence-corrected chi connectivity index (χ3v) is 5.00. The Hall–Kier alpha value is -3.15. The van der Waals surface area contributed by atoms with Crippen LogP contribution in [-0.4, -0.2) is 22.6 Å². The number of anilines is 1. The zero-order valence-electron chi connectivity index (χ0n) is 16.7. The number of aromatic nitrogens is 2. The lowest BCUT2D eigenvalue weighted by molar-refractivity contribution is -0.120. The molecule has 0 aliphatic rings. The van der Waals surface area contributed by atoms with E-state index in [9.17, 15) is 9.59 Å². The van der Waals surface area contributed by atoms with Gasteiger partial charge in [0.25, 0.3) is 5.56 Å². The van der Waals surface area contributed by atoms with Crippen molar-refractivity contribution in [1.29, 1.82) is 0 Å². The average molecular weight is 379 g/mol. The van der Waals surface area contributed by atoms with E-state index in [1.807, 2.05) is 32.0 Å². The monoisotopic (exact) mass is 379 g/mol. The molecule has 1 N–H and O–H groups in total. The zero-order valence-corrected chi connectivity index (χ0v) is 16.7. The lowest BCUT2D eigenvalue weighted by Crippen LogP contribution is -2.23. The lowest BCUT2D eigenvalue weighted by atomic mass is 10.0. The van der Waals surface area contributed by atoms with E-state index in [1.165, 1.54) is 0 Å². The molecule has 0 radical (unpaired) electrons. The van der Waals surface area contributed by atoms with Crippen LogP contribution in [0.1, 0.15) is 32.5 Å². The summed E-state index contributed by atoms with van der Waals surface area (Å²) in [6.07, 6.45) is 1.56. The highest BCUT2D eigenvalue weighted by Crippen LogP contribution is 2.28. The largest absolute Gasteiger partial charge is 0.494 e. The Kier molecular flexibility index (Phi) is 5.78. The zero-order chi connectivity index (χ0) is 20.3. The van der Waals surface area contributed by atoms with Gasteiger partial charge in [-0.1, -0.05) is 26.0 Å². The van der Waals surface area contributed by atoms with E-state index in [4.69, 9.17) is 4.74 Å². The van der Waals surface area contributed by atoms with Crippen LogP contribution >= 0.6 is 0 Å². The van der Waals surface area contributed by atoms with Crippen molar-refractivity contribution in [3.8, 4) is 11.4 Å². The van der Waals surface area contributed by atoms with E-state index in [0.717, 1.165) is 12.8 Å². The molecule has 2 aromatic carbocycles. The van der Waals surface area contributed by atoms with Crippen LogP contribution in [0.15, 0.2) is 47.3 Å². The van der Waals surface area contributed by atoms with Gasteiger partial charge in [0.05, 0.1) is 29.4 Å². The number of ether oxygens (including phenoxy) is 1. The molecule has 1 amide bonds. The van der Waals surface area contributed by atoms with E-state index < -0.39 is 0 Å². The third-order valence-electron chi connectivity index (χ3n) is 5.00. The van der Waals surface area contributed by atoms with Gasteiger partial charge in [0.1, 0.15) is 11.6 Å². The number of nitrogens with one attached hydrogen (secondary N) is 1. The molecule has 0 saturated carbocycles. The van der Waals surface area contributed by atoms with Gasteiger partial charge in [-0.15, -0.1) is 0 Å². The molecule has 0 unspecified atom stereocenters. The van der Waals surface area contributed by atoms with E-state index in [-0.39, 0.29) is 17.4 Å². The fourth-order valence-electron chi connectivity index (χ4n) is 3.36. The quantitative estimate of drug-likeness (QED) is 0.700. The number of benzene rings is 2. The Morgan fingerprint density at radius 1 is 1.18 bits per heavy atom. The Morgan fingerprint density at radius 3 is 2.57 bits per heavy atom. The second-order valence-electron chi connectivity index (χ2n) is 6.70. The Morgan fingerprint density at radius 2 is 1.89 bits per heavy atom. The SMILES string of the molecule is CCC(CC)C(=O)Nc1ccc(-n2c(C)nc3ccccc3c2=O)cc1OC. The van der Waals surface area contributed by atoms with Crippen molar-refractivity contribution >= 4 is 22.5 Å². The first-order valence-electron chi connectivity index (χ1n) is 9.47. The summed E-state index contributed by atoms with van der Waals surface area (Å²) in [7, 11) is 1.54. The van der Waals surface area contributed by atoms with Crippen LogP contribution in [0.5, 0.6) is 5.75 Å². The molecule has 0 aliphatic heterocycles. The minimum Gasteiger partial charge on any atom is -0.494 e. The Balaban J connectivity index is 2.04. The average Bonchev–Trinajstić information content (AvgIpc) is 2.70. The summed E-state index contributed by atoms with van der Waals surface area (Å²) in [6, 6.07) is 12.6. The van der Waals surface area contributed by atoms with Gasteiger partial charge in [0.2, 0.25) is 5.91 Å². The molecule has 0 spiro atoms. The molecule has 0 saturated heterocycles. The first kappa shape index (κ1) is 19.6. The highest BCUT2D eigenvalue weighted by Gasteiger charge is 2.17. The van der Waals surface area contributed by atoms with Gasteiger partial charge in [0, 0.05) is 12.0 Å². The number of carbonyl (C=O) groups is 1. The van der Waals surface area contributed by atoms with Crippen molar-refractivity contribution in [1.82, 2.24) is 9.55 Å². The van der Waals surface area contributed by atoms with Crippen molar-refractivity contribution in [2.75, 3.05) is 12.4 Å². The summed E-state index contributed by atoms with van der Waals surface area (Å²) in [5.74, 6) is 1.01. The summed E-state index contributed by atoms with van der Waals surface area (Å²) in [6.45, 7) is 5.79. The number of fused-ring (bicyclic) bond motifs is 1. The van der Waals surface area contributed by atoms with Crippen molar-refractivity contribution < 1.29 is 9.53 Å². The summed E-state index contributed by atoms with van der Waals surface area (Å²) in [4.78, 5) is 29.9. The standard InChI is InChI=1S/C22H25N3O3/c1-5-15(6-2)21(26)24-19-12-11-16(13-20(19)28-4)25-14(3)23-18-10-8-7-9-17(18)22(25)27/h7-13,15H,5-6H2,1-4H3,(H,24,26). The maximum absolute atomic E-state index is 13.0. The Bertz CT molecular complexity index is 1070. The molecule has 3 rings (SSSR count). The fraction of sp³-hybridized carbons (Fsp3) is 0.318. The van der Waals surface area contributed by atoms with Crippen molar-refractivity contribution in [3.63, 3.8) is 0 Å². The third kappa shape index (κ3) is 3.63. The topological polar surface area (TPSA) is 73.2 Å². The number of hydrogen-bond acceptors (Lipinski definition) is 4. The lowest BCUT2D eigenvalue weighted by Gasteiger charge is -2.17. The van der Waals surface area contributed by atoms with Gasteiger partial charge in [-0.2, -0.15) is 0 Å². The first-order valence-corrected chi connectivity index (χ1v) is 9.47. The van der Waals surface area contributed by atoms with Crippen LogP contribution in [0, 0.1) is 12.8 Å². The van der Waals surface area contributed by atoms with Crippen molar-refractivity contribution in [2.24, 2.45) is 5.92 Å². The summed E-state index contributed by atoms with van der Waals surface area (Å²) in [5, 5.41) is 3.49. The number of carbonyl (C=O) groups excluding carboxylic acids is 1. The normalized spacial score (nSPS) is 11.0. The molecule has 0 atom stereocenters. The maximum atomic E-state index is 13.0. The van der Waals surface area contributed by atoms with Gasteiger partial charge in [0.15, 0.2) is 0 Å². The van der Waals surface area contributed by atoms with Crippen LogP contribution in [0.4, 0.5) is 5.69 Å². The molecule has 146 valence electrons. The predicted molar refractivity (Wildman–Crippen MR) is 111 cm³/mol. The predicted octanol–water partition coefficient (Wildman–Crippen LogP) is 4.08. The van der Waals surface area contributed by atoms with E-state index in [0.29, 0.717) is 33.9 Å². The molecule has 0 bridgehead atoms. The number of aryl methyl sites for hydroxylation is 1. The number of para-hydroxylation sites is 1. The second kappa shape index (κ2) is 8.25. The van der Waals surface area contributed by atoms with E-state index in [2.05, 4.69) is 10.3 Å².